The second-order valence-electron chi connectivity index (χ2n) is 5.76. The van der Waals surface area contributed by atoms with E-state index in [0.29, 0.717) is 21.4 Å². The van der Waals surface area contributed by atoms with E-state index in [1.165, 1.54) is 18.2 Å². The SMILES string of the molecule is O=C(CS[C@@H]1CC(=O)N(c2cc(Cl)cc(Cl)c2)C1=O)Nc1cccc(Br)c1. The molecule has 0 aromatic heterocycles. The van der Waals surface area contributed by atoms with Crippen molar-refractivity contribution in [3.63, 3.8) is 0 Å². The van der Waals surface area contributed by atoms with Gasteiger partial charge in [0.15, 0.2) is 0 Å². The Kier molecular flexibility index (Phi) is 6.47. The fourth-order valence-corrected chi connectivity index (χ4v) is 4.46. The van der Waals surface area contributed by atoms with Crippen molar-refractivity contribution >= 4 is 80.0 Å². The van der Waals surface area contributed by atoms with Gasteiger partial charge in [-0.15, -0.1) is 11.8 Å². The molecule has 0 saturated carbocycles. The summed E-state index contributed by atoms with van der Waals surface area (Å²) in [5.74, 6) is -0.912. The maximum absolute atomic E-state index is 12.6. The van der Waals surface area contributed by atoms with Crippen LogP contribution >= 0.6 is 50.9 Å². The highest BCUT2D eigenvalue weighted by molar-refractivity contribution is 9.10. The second kappa shape index (κ2) is 8.65. The van der Waals surface area contributed by atoms with Gasteiger partial charge in [0.1, 0.15) is 0 Å². The molecule has 0 radical (unpaired) electrons. The van der Waals surface area contributed by atoms with E-state index in [1.54, 1.807) is 18.2 Å². The first-order chi connectivity index (χ1) is 12.8. The fourth-order valence-electron chi connectivity index (χ4n) is 2.61. The summed E-state index contributed by atoms with van der Waals surface area (Å²) < 4.78 is 0.848. The minimum absolute atomic E-state index is 0.0256. The van der Waals surface area contributed by atoms with Gasteiger partial charge < -0.3 is 5.32 Å². The number of nitrogens with one attached hydrogen (secondary N) is 1. The van der Waals surface area contributed by atoms with Gasteiger partial charge in [0.05, 0.1) is 16.7 Å². The molecule has 2 aromatic rings. The van der Waals surface area contributed by atoms with Gasteiger partial charge >= 0.3 is 0 Å². The van der Waals surface area contributed by atoms with E-state index >= 15 is 0 Å². The zero-order valence-electron chi connectivity index (χ0n) is 13.7. The van der Waals surface area contributed by atoms with Crippen LogP contribution in [-0.4, -0.2) is 28.7 Å². The number of nitrogens with zero attached hydrogens (tertiary/aromatic N) is 1. The number of hydrogen-bond acceptors (Lipinski definition) is 4. The molecule has 3 rings (SSSR count). The van der Waals surface area contributed by atoms with Crippen molar-refractivity contribution in [3.8, 4) is 0 Å². The van der Waals surface area contributed by atoms with Crippen molar-refractivity contribution in [2.75, 3.05) is 16.0 Å². The smallest absolute Gasteiger partial charge is 0.247 e. The average molecular weight is 488 g/mol. The minimum Gasteiger partial charge on any atom is -0.325 e. The molecule has 1 atom stereocenters. The quantitative estimate of drug-likeness (QED) is 0.617. The molecule has 9 heteroatoms. The average Bonchev–Trinajstić information content (AvgIpc) is 2.86. The van der Waals surface area contributed by atoms with Crippen LogP contribution in [-0.2, 0) is 14.4 Å². The third-order valence-corrected chi connectivity index (χ3v) is 5.86. The highest BCUT2D eigenvalue weighted by atomic mass is 79.9. The van der Waals surface area contributed by atoms with Crippen LogP contribution in [0.25, 0.3) is 0 Å². The summed E-state index contributed by atoms with van der Waals surface area (Å²) in [5, 5.41) is 2.81. The van der Waals surface area contributed by atoms with Gasteiger partial charge in [-0.3, -0.25) is 14.4 Å². The van der Waals surface area contributed by atoms with Crippen molar-refractivity contribution in [1.29, 1.82) is 0 Å². The van der Waals surface area contributed by atoms with Crippen LogP contribution < -0.4 is 10.2 Å². The Morgan fingerprint density at radius 2 is 1.89 bits per heavy atom. The van der Waals surface area contributed by atoms with Crippen LogP contribution in [0.3, 0.4) is 0 Å². The van der Waals surface area contributed by atoms with Gasteiger partial charge in [0.25, 0.3) is 0 Å². The molecule has 1 aliphatic heterocycles. The molecule has 1 fully saturated rings. The van der Waals surface area contributed by atoms with E-state index in [4.69, 9.17) is 23.2 Å². The molecule has 3 amide bonds. The summed E-state index contributed by atoms with van der Waals surface area (Å²) in [4.78, 5) is 38.1. The molecule has 27 heavy (non-hydrogen) atoms. The van der Waals surface area contributed by atoms with E-state index in [9.17, 15) is 14.4 Å². The van der Waals surface area contributed by atoms with Crippen LogP contribution in [0.4, 0.5) is 11.4 Å². The molecule has 0 spiro atoms. The highest BCUT2D eigenvalue weighted by Crippen LogP contribution is 2.33. The monoisotopic (exact) mass is 486 g/mol. The minimum atomic E-state index is -0.622. The van der Waals surface area contributed by atoms with Crippen molar-refractivity contribution in [2.24, 2.45) is 0 Å². The Hall–Kier alpha value is -1.54. The van der Waals surface area contributed by atoms with Gasteiger partial charge in [-0.25, -0.2) is 4.90 Å². The summed E-state index contributed by atoms with van der Waals surface area (Å²) in [6.45, 7) is 0. The molecule has 1 heterocycles. The summed E-state index contributed by atoms with van der Waals surface area (Å²) in [7, 11) is 0. The Balaban J connectivity index is 1.62. The van der Waals surface area contributed by atoms with Gasteiger partial charge in [0.2, 0.25) is 17.7 Å². The molecule has 1 aliphatic rings. The van der Waals surface area contributed by atoms with E-state index < -0.39 is 5.25 Å². The van der Waals surface area contributed by atoms with Crippen LogP contribution in [0.5, 0.6) is 0 Å². The molecule has 140 valence electrons. The third-order valence-electron chi connectivity index (χ3n) is 3.73. The molecular formula is C18H13BrCl2N2O3S. The molecular weight excluding hydrogens is 475 g/mol. The van der Waals surface area contributed by atoms with E-state index in [2.05, 4.69) is 21.2 Å². The Morgan fingerprint density at radius 1 is 1.19 bits per heavy atom. The van der Waals surface area contributed by atoms with Crippen LogP contribution in [0, 0.1) is 0 Å². The predicted molar refractivity (Wildman–Crippen MR) is 113 cm³/mol. The van der Waals surface area contributed by atoms with Crippen LogP contribution in [0.2, 0.25) is 10.0 Å². The van der Waals surface area contributed by atoms with Gasteiger partial charge in [-0.05, 0) is 36.4 Å². The number of halogens is 3. The lowest BCUT2D eigenvalue weighted by atomic mass is 10.3. The molecule has 0 bridgehead atoms. The van der Waals surface area contributed by atoms with Crippen LogP contribution in [0.1, 0.15) is 6.42 Å². The number of carbonyl (C=O) groups excluding carboxylic acids is 3. The Morgan fingerprint density at radius 3 is 2.56 bits per heavy atom. The molecule has 0 aliphatic carbocycles. The fraction of sp³-hybridized carbons (Fsp3) is 0.167. The Bertz CT molecular complexity index is 905. The lowest BCUT2D eigenvalue weighted by Gasteiger charge is -2.15. The number of anilines is 2. The lowest BCUT2D eigenvalue weighted by molar-refractivity contribution is -0.121. The van der Waals surface area contributed by atoms with Gasteiger partial charge in [-0.2, -0.15) is 0 Å². The van der Waals surface area contributed by atoms with Crippen molar-refractivity contribution in [3.05, 3.63) is 57.0 Å². The molecule has 2 aromatic carbocycles. The Labute approximate surface area is 178 Å². The maximum Gasteiger partial charge on any atom is 0.247 e. The highest BCUT2D eigenvalue weighted by Gasteiger charge is 2.40. The number of thioether (sulfide) groups is 1. The zero-order chi connectivity index (χ0) is 19.6. The van der Waals surface area contributed by atoms with Gasteiger partial charge in [0, 0.05) is 26.6 Å². The number of rotatable bonds is 5. The van der Waals surface area contributed by atoms with Crippen LogP contribution in [0.15, 0.2) is 46.9 Å². The number of amides is 3. The zero-order valence-corrected chi connectivity index (χ0v) is 17.7. The first kappa shape index (κ1) is 20.2. The normalized spacial score (nSPS) is 16.7. The largest absolute Gasteiger partial charge is 0.325 e. The lowest BCUT2D eigenvalue weighted by Crippen LogP contribution is -2.31. The van der Waals surface area contributed by atoms with Gasteiger partial charge in [-0.1, -0.05) is 45.2 Å². The van der Waals surface area contributed by atoms with Crippen molar-refractivity contribution in [2.45, 2.75) is 11.7 Å². The molecule has 1 saturated heterocycles. The summed E-state index contributed by atoms with van der Waals surface area (Å²) in [6, 6.07) is 11.7. The summed E-state index contributed by atoms with van der Waals surface area (Å²) in [5.41, 5.74) is 0.989. The summed E-state index contributed by atoms with van der Waals surface area (Å²) >= 11 is 16.4. The van der Waals surface area contributed by atoms with E-state index in [1.807, 2.05) is 6.07 Å². The maximum atomic E-state index is 12.6. The third kappa shape index (κ3) is 5.04. The topological polar surface area (TPSA) is 66.5 Å². The number of benzene rings is 2. The standard InChI is InChI=1S/C18H13BrCl2N2O3S/c19-10-2-1-3-13(4-10)22-16(24)9-27-15-8-17(25)23(18(15)26)14-6-11(20)5-12(21)7-14/h1-7,15H,8-9H2,(H,22,24)/t15-/m1/s1. The molecule has 5 nitrogen and oxygen atoms in total. The van der Waals surface area contributed by atoms with E-state index in [-0.39, 0.29) is 29.9 Å². The number of carbonyl (C=O) groups is 3. The molecule has 1 N–H and O–H groups in total. The number of hydrogen-bond donors (Lipinski definition) is 1. The van der Waals surface area contributed by atoms with Crippen molar-refractivity contribution < 1.29 is 14.4 Å². The van der Waals surface area contributed by atoms with Crippen molar-refractivity contribution in [1.82, 2.24) is 0 Å². The molecule has 0 unspecified atom stereocenters. The summed E-state index contributed by atoms with van der Waals surface area (Å²) in [6.07, 6.45) is 0.0256. The number of imide groups is 1. The first-order valence-corrected chi connectivity index (χ1v) is 10.4. The predicted octanol–water partition coefficient (Wildman–Crippen LogP) is 4.76. The first-order valence-electron chi connectivity index (χ1n) is 7.83. The van der Waals surface area contributed by atoms with E-state index in [0.717, 1.165) is 21.1 Å². The second-order valence-corrected chi connectivity index (χ2v) is 8.74.